The normalized spacial score (nSPS) is 12.6. The lowest BCUT2D eigenvalue weighted by Crippen LogP contribution is -2.46. The number of carbonyl (C=O) groups is 5. The summed E-state index contributed by atoms with van der Waals surface area (Å²) in [7, 11) is 1.41. The van der Waals surface area contributed by atoms with E-state index in [9.17, 15) is 28.8 Å². The van der Waals surface area contributed by atoms with Crippen LogP contribution in [0.2, 0.25) is 0 Å². The second-order valence-electron chi connectivity index (χ2n) is 10.7. The van der Waals surface area contributed by atoms with Crippen molar-refractivity contribution in [2.24, 2.45) is 5.92 Å². The molecule has 13 nitrogen and oxygen atoms in total. The number of nitrogens with one attached hydrogen (secondary N) is 4. The zero-order chi connectivity index (χ0) is 31.2. The van der Waals surface area contributed by atoms with Crippen LogP contribution in [0, 0.1) is 5.92 Å². The average Bonchev–Trinajstić information content (AvgIpc) is 2.88. The predicted molar refractivity (Wildman–Crippen MR) is 153 cm³/mol. The van der Waals surface area contributed by atoms with E-state index in [1.807, 2.05) is 13.8 Å². The largest absolute Gasteiger partial charge is 0.452 e. The Bertz CT molecular complexity index is 1110. The molecule has 41 heavy (non-hydrogen) atoms. The van der Waals surface area contributed by atoms with E-state index < -0.39 is 47.2 Å². The van der Waals surface area contributed by atoms with Crippen molar-refractivity contribution in [2.75, 3.05) is 18.9 Å². The first-order chi connectivity index (χ1) is 19.2. The number of esters is 1. The van der Waals surface area contributed by atoms with Crippen molar-refractivity contribution in [3.8, 4) is 0 Å². The molecule has 230 valence electrons. The molecule has 0 aliphatic rings. The molecule has 0 saturated heterocycles. The third-order valence-corrected chi connectivity index (χ3v) is 6.15. The molecule has 1 rings (SSSR count). The third kappa shape index (κ3) is 13.3. The maximum absolute atomic E-state index is 13.2. The van der Waals surface area contributed by atoms with Crippen LogP contribution in [-0.2, 0) is 35.2 Å². The number of carbonyl (C=O) groups excluding carboxylic acids is 5. The minimum atomic E-state index is -1.15. The van der Waals surface area contributed by atoms with E-state index in [-0.39, 0.29) is 37.4 Å². The van der Waals surface area contributed by atoms with E-state index >= 15 is 0 Å². The van der Waals surface area contributed by atoms with Gasteiger partial charge in [-0.05, 0) is 58.1 Å². The van der Waals surface area contributed by atoms with Crippen molar-refractivity contribution < 1.29 is 33.4 Å². The van der Waals surface area contributed by atoms with E-state index in [0.29, 0.717) is 12.5 Å². The molecule has 4 amide bonds. The van der Waals surface area contributed by atoms with Gasteiger partial charge < -0.3 is 35.3 Å². The fraction of sp³-hybridized carbons (Fsp3) is 0.643. The quantitative estimate of drug-likeness (QED) is 0.229. The number of amides is 4. The highest BCUT2D eigenvalue weighted by Crippen LogP contribution is 2.12. The number of aromatic nitrogens is 1. The number of pyridine rings is 1. The van der Waals surface area contributed by atoms with Crippen molar-refractivity contribution in [3.05, 3.63) is 28.7 Å². The summed E-state index contributed by atoms with van der Waals surface area (Å²) < 4.78 is 11.5. The Hall–Kier alpha value is -3.90. The zero-order valence-electron chi connectivity index (χ0n) is 25.1. The first-order valence-corrected chi connectivity index (χ1v) is 13.9. The molecule has 2 unspecified atom stereocenters. The standard InChI is InChI=1S/C28H45N5O8/c1-8-19(9-2)16-30-23(35)17-33-15-11-13-21(26(33)38)31-24(36)20(32-27(39)41-28(4,5)6)12-10-14-22(25(37)29-7)40-18(3)34/h11,13,15,19-20,22H,8-10,12,14,16-17H2,1-7H3,(H,29,37)(H,30,35)(H,31,36)(H,32,39). The molecule has 4 N–H and O–H groups in total. The second kappa shape index (κ2) is 17.0. The SMILES string of the molecule is CCC(CC)CNC(=O)Cn1cccc(NC(=O)C(CCCC(OC(C)=O)C(=O)NC)NC(=O)OC(C)(C)C)c1=O. The Balaban J connectivity index is 3.02. The third-order valence-electron chi connectivity index (χ3n) is 6.15. The van der Waals surface area contributed by atoms with Gasteiger partial charge in [0.05, 0.1) is 0 Å². The number of alkyl carbamates (subject to hydrolysis) is 1. The molecule has 0 bridgehead atoms. The zero-order valence-corrected chi connectivity index (χ0v) is 25.1. The van der Waals surface area contributed by atoms with Crippen LogP contribution in [0.4, 0.5) is 10.5 Å². The molecule has 1 aromatic heterocycles. The number of hydrogen-bond acceptors (Lipinski definition) is 8. The molecule has 0 saturated carbocycles. The summed E-state index contributed by atoms with van der Waals surface area (Å²) in [5, 5.41) is 10.3. The molecule has 0 spiro atoms. The van der Waals surface area contributed by atoms with Gasteiger partial charge in [0.15, 0.2) is 6.10 Å². The van der Waals surface area contributed by atoms with Crippen molar-refractivity contribution >= 4 is 35.5 Å². The van der Waals surface area contributed by atoms with Crippen molar-refractivity contribution in [1.29, 1.82) is 0 Å². The van der Waals surface area contributed by atoms with Gasteiger partial charge >= 0.3 is 12.1 Å². The maximum Gasteiger partial charge on any atom is 0.408 e. The van der Waals surface area contributed by atoms with Gasteiger partial charge in [-0.1, -0.05) is 26.7 Å². The lowest BCUT2D eigenvalue weighted by Gasteiger charge is -2.24. The fourth-order valence-electron chi connectivity index (χ4n) is 3.85. The van der Waals surface area contributed by atoms with E-state index in [0.717, 1.165) is 12.8 Å². The molecule has 0 radical (unpaired) electrons. The van der Waals surface area contributed by atoms with Crippen LogP contribution in [0.15, 0.2) is 23.1 Å². The van der Waals surface area contributed by atoms with Crippen LogP contribution in [-0.4, -0.2) is 65.7 Å². The van der Waals surface area contributed by atoms with Crippen LogP contribution in [0.5, 0.6) is 0 Å². The number of rotatable bonds is 15. The number of anilines is 1. The van der Waals surface area contributed by atoms with Gasteiger partial charge in [0, 0.05) is 26.7 Å². The number of hydrogen-bond donors (Lipinski definition) is 4. The Kier molecular flexibility index (Phi) is 14.6. The summed E-state index contributed by atoms with van der Waals surface area (Å²) in [6.07, 6.45) is 1.70. The number of ether oxygens (including phenoxy) is 2. The van der Waals surface area contributed by atoms with E-state index in [4.69, 9.17) is 9.47 Å². The van der Waals surface area contributed by atoms with Crippen LogP contribution >= 0.6 is 0 Å². The average molecular weight is 580 g/mol. The second-order valence-corrected chi connectivity index (χ2v) is 10.7. The van der Waals surface area contributed by atoms with Crippen LogP contribution < -0.4 is 26.8 Å². The van der Waals surface area contributed by atoms with Crippen molar-refractivity contribution in [2.45, 2.75) is 97.9 Å². The van der Waals surface area contributed by atoms with Crippen molar-refractivity contribution in [3.63, 3.8) is 0 Å². The highest BCUT2D eigenvalue weighted by Gasteiger charge is 2.27. The predicted octanol–water partition coefficient (Wildman–Crippen LogP) is 2.08. The van der Waals surface area contributed by atoms with Gasteiger partial charge in [-0.2, -0.15) is 0 Å². The van der Waals surface area contributed by atoms with Crippen LogP contribution in [0.25, 0.3) is 0 Å². The van der Waals surface area contributed by atoms with Gasteiger partial charge in [-0.3, -0.25) is 24.0 Å². The smallest absolute Gasteiger partial charge is 0.408 e. The lowest BCUT2D eigenvalue weighted by atomic mass is 10.0. The Labute approximate surface area is 241 Å². The molecule has 1 heterocycles. The molecule has 0 aromatic carbocycles. The van der Waals surface area contributed by atoms with E-state index in [1.54, 1.807) is 20.8 Å². The molecular weight excluding hydrogens is 534 g/mol. The fourth-order valence-corrected chi connectivity index (χ4v) is 3.85. The summed E-state index contributed by atoms with van der Waals surface area (Å²) in [6, 6.07) is 1.77. The van der Waals surface area contributed by atoms with Gasteiger partial charge in [-0.15, -0.1) is 0 Å². The first-order valence-electron chi connectivity index (χ1n) is 13.9. The van der Waals surface area contributed by atoms with Gasteiger partial charge in [-0.25, -0.2) is 4.79 Å². The highest BCUT2D eigenvalue weighted by molar-refractivity contribution is 5.96. The minimum Gasteiger partial charge on any atom is -0.452 e. The number of nitrogens with zero attached hydrogens (tertiary/aromatic N) is 1. The lowest BCUT2D eigenvalue weighted by molar-refractivity contribution is -0.154. The molecule has 2 atom stereocenters. The van der Waals surface area contributed by atoms with Crippen molar-refractivity contribution in [1.82, 2.24) is 20.5 Å². The molecule has 0 fully saturated rings. The Morgan fingerprint density at radius 2 is 1.68 bits per heavy atom. The minimum absolute atomic E-state index is 0.0410. The van der Waals surface area contributed by atoms with Gasteiger partial charge in [0.2, 0.25) is 11.8 Å². The first kappa shape index (κ1) is 35.1. The van der Waals surface area contributed by atoms with Crippen LogP contribution in [0.1, 0.15) is 73.6 Å². The maximum atomic E-state index is 13.2. The van der Waals surface area contributed by atoms with Gasteiger partial charge in [0.25, 0.3) is 11.5 Å². The molecule has 0 aliphatic heterocycles. The topological polar surface area (TPSA) is 174 Å². The summed E-state index contributed by atoms with van der Waals surface area (Å²) in [6.45, 7) is 10.6. The summed E-state index contributed by atoms with van der Waals surface area (Å²) >= 11 is 0. The molecule has 0 aliphatic carbocycles. The van der Waals surface area contributed by atoms with Gasteiger partial charge in [0.1, 0.15) is 23.9 Å². The Morgan fingerprint density at radius 3 is 2.24 bits per heavy atom. The Morgan fingerprint density at radius 1 is 1.02 bits per heavy atom. The highest BCUT2D eigenvalue weighted by atomic mass is 16.6. The van der Waals surface area contributed by atoms with Crippen LogP contribution in [0.3, 0.4) is 0 Å². The number of likely N-dealkylation sites (N-methyl/N-ethyl adjacent to an activating group) is 1. The molecule has 1 aromatic rings. The van der Waals surface area contributed by atoms with E-state index in [1.165, 1.54) is 36.9 Å². The monoisotopic (exact) mass is 579 g/mol. The summed E-state index contributed by atoms with van der Waals surface area (Å²) in [5.41, 5.74) is -1.50. The summed E-state index contributed by atoms with van der Waals surface area (Å²) in [4.78, 5) is 74.5. The molecular formula is C28H45N5O8. The summed E-state index contributed by atoms with van der Waals surface area (Å²) in [5.74, 6) is -1.82. The molecule has 13 heteroatoms. The van der Waals surface area contributed by atoms with E-state index in [2.05, 4.69) is 21.3 Å².